The van der Waals surface area contributed by atoms with Crippen LogP contribution in [0, 0.1) is 5.92 Å². The summed E-state index contributed by atoms with van der Waals surface area (Å²) < 4.78 is 7.57. The van der Waals surface area contributed by atoms with Gasteiger partial charge in [-0.15, -0.1) is 0 Å². The maximum absolute atomic E-state index is 10.5. The fraction of sp³-hybridized carbons (Fsp3) is 0.562. The maximum atomic E-state index is 10.5. The Balaban J connectivity index is 1.82. The minimum atomic E-state index is -0.319. The number of aromatic nitrogens is 2. The molecule has 1 fully saturated rings. The van der Waals surface area contributed by atoms with Gasteiger partial charge in [-0.2, -0.15) is 0 Å². The summed E-state index contributed by atoms with van der Waals surface area (Å²) in [4.78, 5) is 4.69. The summed E-state index contributed by atoms with van der Waals surface area (Å²) in [6.45, 7) is 4.55. The molecule has 20 heavy (non-hydrogen) atoms. The largest absolute Gasteiger partial charge is 0.392 e. The summed E-state index contributed by atoms with van der Waals surface area (Å²) in [6.07, 6.45) is 2.22. The molecule has 1 aromatic carbocycles. The van der Waals surface area contributed by atoms with Gasteiger partial charge in [0, 0.05) is 26.2 Å². The number of benzene rings is 1. The molecule has 0 aliphatic carbocycles. The number of hydrogen-bond donors (Lipinski definition) is 1. The third kappa shape index (κ3) is 2.58. The van der Waals surface area contributed by atoms with Crippen LogP contribution in [0.5, 0.6) is 0 Å². The lowest BCUT2D eigenvalue weighted by Crippen LogP contribution is -2.29. The van der Waals surface area contributed by atoms with Gasteiger partial charge in [-0.05, 0) is 37.8 Å². The second kappa shape index (κ2) is 5.94. The fourth-order valence-electron chi connectivity index (χ4n) is 3.09. The molecule has 1 aliphatic heterocycles. The molecule has 1 aromatic heterocycles. The summed E-state index contributed by atoms with van der Waals surface area (Å²) in [7, 11) is 0. The van der Waals surface area contributed by atoms with Crippen molar-refractivity contribution in [2.24, 2.45) is 5.92 Å². The van der Waals surface area contributed by atoms with Gasteiger partial charge in [0.05, 0.1) is 17.1 Å². The highest BCUT2D eigenvalue weighted by atomic mass is 16.5. The SMILES string of the molecule is CCn1c(CC(O)C2CCOCC2)nc2ccccc21. The third-order valence-electron chi connectivity index (χ3n) is 4.25. The quantitative estimate of drug-likeness (QED) is 0.931. The molecular weight excluding hydrogens is 252 g/mol. The zero-order valence-corrected chi connectivity index (χ0v) is 12.0. The maximum Gasteiger partial charge on any atom is 0.112 e. The first-order valence-electron chi connectivity index (χ1n) is 7.49. The van der Waals surface area contributed by atoms with Crippen molar-refractivity contribution in [2.75, 3.05) is 13.2 Å². The van der Waals surface area contributed by atoms with E-state index < -0.39 is 0 Å². The Kier molecular flexibility index (Phi) is 4.03. The summed E-state index contributed by atoms with van der Waals surface area (Å²) in [5.41, 5.74) is 2.17. The number of aliphatic hydroxyl groups excluding tert-OH is 1. The van der Waals surface area contributed by atoms with Crippen LogP contribution in [-0.2, 0) is 17.7 Å². The van der Waals surface area contributed by atoms with Crippen molar-refractivity contribution >= 4 is 11.0 Å². The van der Waals surface area contributed by atoms with E-state index in [4.69, 9.17) is 9.72 Å². The second-order valence-corrected chi connectivity index (χ2v) is 5.48. The molecule has 1 saturated heterocycles. The summed E-state index contributed by atoms with van der Waals surface area (Å²) in [5.74, 6) is 1.33. The standard InChI is InChI=1S/C16H22N2O2/c1-2-18-14-6-4-3-5-13(14)17-16(18)11-15(19)12-7-9-20-10-8-12/h3-6,12,15,19H,2,7-11H2,1H3. The number of hydrogen-bond acceptors (Lipinski definition) is 3. The van der Waals surface area contributed by atoms with Gasteiger partial charge in [-0.3, -0.25) is 0 Å². The number of aryl methyl sites for hydroxylation is 1. The molecular formula is C16H22N2O2. The van der Waals surface area contributed by atoms with Gasteiger partial charge in [0.25, 0.3) is 0 Å². The first-order valence-corrected chi connectivity index (χ1v) is 7.49. The number of ether oxygens (including phenoxy) is 1. The van der Waals surface area contributed by atoms with Gasteiger partial charge in [-0.25, -0.2) is 4.98 Å². The van der Waals surface area contributed by atoms with Crippen molar-refractivity contribution in [1.29, 1.82) is 0 Å². The van der Waals surface area contributed by atoms with Crippen molar-refractivity contribution in [3.8, 4) is 0 Å². The molecule has 108 valence electrons. The molecule has 0 bridgehead atoms. The zero-order valence-electron chi connectivity index (χ0n) is 12.0. The molecule has 4 heteroatoms. The Bertz CT molecular complexity index is 573. The van der Waals surface area contributed by atoms with Crippen LogP contribution in [0.1, 0.15) is 25.6 Å². The van der Waals surface area contributed by atoms with Crippen LogP contribution in [0.2, 0.25) is 0 Å². The average molecular weight is 274 g/mol. The van der Waals surface area contributed by atoms with Crippen LogP contribution in [0.4, 0.5) is 0 Å². The lowest BCUT2D eigenvalue weighted by molar-refractivity contribution is 0.00747. The highest BCUT2D eigenvalue weighted by Gasteiger charge is 2.24. The van der Waals surface area contributed by atoms with Gasteiger partial charge in [-0.1, -0.05) is 12.1 Å². The van der Waals surface area contributed by atoms with E-state index in [1.54, 1.807) is 0 Å². The zero-order chi connectivity index (χ0) is 13.9. The fourth-order valence-corrected chi connectivity index (χ4v) is 3.09. The lowest BCUT2D eigenvalue weighted by atomic mass is 9.92. The average Bonchev–Trinajstić information content (AvgIpc) is 2.85. The molecule has 0 spiro atoms. The second-order valence-electron chi connectivity index (χ2n) is 5.48. The predicted octanol–water partition coefficient (Wildman–Crippen LogP) is 2.39. The first kappa shape index (κ1) is 13.6. The highest BCUT2D eigenvalue weighted by Crippen LogP contribution is 2.23. The number of nitrogens with zero attached hydrogens (tertiary/aromatic N) is 2. The number of aliphatic hydroxyl groups is 1. The number of rotatable bonds is 4. The van der Waals surface area contributed by atoms with E-state index in [0.29, 0.717) is 12.3 Å². The molecule has 0 saturated carbocycles. The molecule has 1 aliphatic rings. The van der Waals surface area contributed by atoms with Crippen LogP contribution in [0.3, 0.4) is 0 Å². The van der Waals surface area contributed by atoms with Gasteiger partial charge in [0.1, 0.15) is 5.82 Å². The highest BCUT2D eigenvalue weighted by molar-refractivity contribution is 5.75. The Morgan fingerprint density at radius 1 is 1.35 bits per heavy atom. The Morgan fingerprint density at radius 2 is 2.10 bits per heavy atom. The third-order valence-corrected chi connectivity index (χ3v) is 4.25. The van der Waals surface area contributed by atoms with Gasteiger partial charge < -0.3 is 14.4 Å². The van der Waals surface area contributed by atoms with Crippen LogP contribution in [0.15, 0.2) is 24.3 Å². The van der Waals surface area contributed by atoms with Crippen LogP contribution in [0.25, 0.3) is 11.0 Å². The number of para-hydroxylation sites is 2. The van der Waals surface area contributed by atoms with Gasteiger partial charge in [0.2, 0.25) is 0 Å². The summed E-state index contributed by atoms with van der Waals surface area (Å²) >= 11 is 0. The van der Waals surface area contributed by atoms with E-state index >= 15 is 0 Å². The number of fused-ring (bicyclic) bond motifs is 1. The predicted molar refractivity (Wildman–Crippen MR) is 78.7 cm³/mol. The molecule has 0 amide bonds. The van der Waals surface area contributed by atoms with Crippen molar-refractivity contribution < 1.29 is 9.84 Å². The van der Waals surface area contributed by atoms with E-state index in [1.165, 1.54) is 0 Å². The Labute approximate surface area is 119 Å². The van der Waals surface area contributed by atoms with Crippen molar-refractivity contribution in [3.05, 3.63) is 30.1 Å². The van der Waals surface area contributed by atoms with Crippen LogP contribution < -0.4 is 0 Å². The van der Waals surface area contributed by atoms with Gasteiger partial charge >= 0.3 is 0 Å². The van der Waals surface area contributed by atoms with Crippen molar-refractivity contribution in [1.82, 2.24) is 9.55 Å². The van der Waals surface area contributed by atoms with E-state index in [0.717, 1.165) is 49.5 Å². The lowest BCUT2D eigenvalue weighted by Gasteiger charge is -2.26. The molecule has 1 atom stereocenters. The minimum Gasteiger partial charge on any atom is -0.392 e. The first-order chi connectivity index (χ1) is 9.79. The normalized spacial score (nSPS) is 18.5. The molecule has 1 unspecified atom stereocenters. The minimum absolute atomic E-state index is 0.319. The molecule has 1 N–H and O–H groups in total. The van der Waals surface area contributed by atoms with Gasteiger partial charge in [0.15, 0.2) is 0 Å². The van der Waals surface area contributed by atoms with Crippen LogP contribution in [-0.4, -0.2) is 34.0 Å². The monoisotopic (exact) mass is 274 g/mol. The molecule has 2 heterocycles. The van der Waals surface area contributed by atoms with Crippen molar-refractivity contribution in [2.45, 2.75) is 38.8 Å². The molecule has 4 nitrogen and oxygen atoms in total. The molecule has 3 rings (SSSR count). The Hall–Kier alpha value is -1.39. The number of imidazole rings is 1. The summed E-state index contributed by atoms with van der Waals surface area (Å²) in [5, 5.41) is 10.5. The Morgan fingerprint density at radius 3 is 2.85 bits per heavy atom. The molecule has 0 radical (unpaired) electrons. The smallest absolute Gasteiger partial charge is 0.112 e. The van der Waals surface area contributed by atoms with E-state index in [9.17, 15) is 5.11 Å². The van der Waals surface area contributed by atoms with E-state index in [2.05, 4.69) is 17.6 Å². The topological polar surface area (TPSA) is 47.3 Å². The summed E-state index contributed by atoms with van der Waals surface area (Å²) in [6, 6.07) is 8.17. The van der Waals surface area contributed by atoms with E-state index in [1.807, 2.05) is 18.2 Å². The van der Waals surface area contributed by atoms with Crippen LogP contribution >= 0.6 is 0 Å². The van der Waals surface area contributed by atoms with Crippen molar-refractivity contribution in [3.63, 3.8) is 0 Å². The molecule has 2 aromatic rings. The van der Waals surface area contributed by atoms with E-state index in [-0.39, 0.29) is 6.10 Å².